The maximum atomic E-state index is 12.3. The van der Waals surface area contributed by atoms with Gasteiger partial charge in [0, 0.05) is 17.7 Å². The van der Waals surface area contributed by atoms with E-state index in [2.05, 4.69) is 10.5 Å². The molecular weight excluding hydrogens is 448 g/mol. The average Bonchev–Trinajstić information content (AvgIpc) is 2.78. The molecule has 0 aliphatic carbocycles. The SMILES string of the molecule is CS(=O)(=O)N(CC(=O)N/N=C/c1cccc([N+](=O)[O-])c1)c1ccc(Oc2ccccc2)cc1. The topological polar surface area (TPSA) is 131 Å². The Bertz CT molecular complexity index is 1260. The molecule has 0 heterocycles. The van der Waals surface area contributed by atoms with Gasteiger partial charge in [0.15, 0.2) is 0 Å². The van der Waals surface area contributed by atoms with Gasteiger partial charge in [-0.3, -0.25) is 19.2 Å². The number of rotatable bonds is 9. The van der Waals surface area contributed by atoms with Gasteiger partial charge in [-0.2, -0.15) is 5.10 Å². The Labute approximate surface area is 190 Å². The van der Waals surface area contributed by atoms with Gasteiger partial charge in [-0.25, -0.2) is 13.8 Å². The highest BCUT2D eigenvalue weighted by atomic mass is 32.2. The first-order valence-corrected chi connectivity index (χ1v) is 11.4. The molecule has 0 aliphatic heterocycles. The number of nitro benzene ring substituents is 1. The highest BCUT2D eigenvalue weighted by Gasteiger charge is 2.20. The Balaban J connectivity index is 1.66. The normalized spacial score (nSPS) is 11.2. The molecule has 170 valence electrons. The van der Waals surface area contributed by atoms with Crippen LogP contribution in [0, 0.1) is 10.1 Å². The molecule has 33 heavy (non-hydrogen) atoms. The van der Waals surface area contributed by atoms with E-state index in [4.69, 9.17) is 4.74 Å². The standard InChI is InChI=1S/C22H20N4O6S/c1-33(30,31)25(18-10-12-21(13-11-18)32-20-8-3-2-4-9-20)16-22(27)24-23-15-17-6-5-7-19(14-17)26(28)29/h2-15H,16H2,1H3,(H,24,27)/b23-15+. The van der Waals surface area contributed by atoms with E-state index in [1.54, 1.807) is 30.3 Å². The van der Waals surface area contributed by atoms with Crippen molar-refractivity contribution in [3.8, 4) is 11.5 Å². The first-order valence-electron chi connectivity index (χ1n) is 9.59. The number of nitrogens with one attached hydrogen (secondary N) is 1. The number of ether oxygens (including phenoxy) is 1. The van der Waals surface area contributed by atoms with Crippen LogP contribution in [-0.2, 0) is 14.8 Å². The third kappa shape index (κ3) is 6.87. The smallest absolute Gasteiger partial charge is 0.270 e. The van der Waals surface area contributed by atoms with Gasteiger partial charge in [-0.15, -0.1) is 0 Å². The van der Waals surface area contributed by atoms with Crippen LogP contribution in [0.5, 0.6) is 11.5 Å². The molecule has 0 saturated heterocycles. The summed E-state index contributed by atoms with van der Waals surface area (Å²) in [5, 5.41) is 14.6. The fraction of sp³-hybridized carbons (Fsp3) is 0.0909. The number of nitrogens with zero attached hydrogens (tertiary/aromatic N) is 3. The third-order valence-corrected chi connectivity index (χ3v) is 5.42. The van der Waals surface area contributed by atoms with Crippen LogP contribution in [0.1, 0.15) is 5.56 Å². The molecule has 3 rings (SSSR count). The van der Waals surface area contributed by atoms with E-state index in [1.807, 2.05) is 18.2 Å². The van der Waals surface area contributed by atoms with Crippen molar-refractivity contribution in [1.82, 2.24) is 5.43 Å². The zero-order valence-electron chi connectivity index (χ0n) is 17.5. The number of anilines is 1. The number of carbonyl (C=O) groups is 1. The van der Waals surface area contributed by atoms with Gasteiger partial charge in [0.25, 0.3) is 11.6 Å². The minimum atomic E-state index is -3.77. The van der Waals surface area contributed by atoms with Crippen molar-refractivity contribution < 1.29 is 22.9 Å². The van der Waals surface area contributed by atoms with Crippen molar-refractivity contribution in [1.29, 1.82) is 0 Å². The monoisotopic (exact) mass is 468 g/mol. The van der Waals surface area contributed by atoms with Gasteiger partial charge >= 0.3 is 0 Å². The van der Waals surface area contributed by atoms with Crippen molar-refractivity contribution in [2.24, 2.45) is 5.10 Å². The minimum absolute atomic E-state index is 0.117. The van der Waals surface area contributed by atoms with Crippen LogP contribution in [0.15, 0.2) is 84.0 Å². The number of non-ortho nitro benzene ring substituents is 1. The first-order chi connectivity index (χ1) is 15.7. The third-order valence-electron chi connectivity index (χ3n) is 4.28. The molecule has 0 saturated carbocycles. The Morgan fingerprint density at radius 2 is 1.73 bits per heavy atom. The van der Waals surface area contributed by atoms with Crippen LogP contribution in [0.25, 0.3) is 0 Å². The van der Waals surface area contributed by atoms with Gasteiger partial charge in [-0.1, -0.05) is 30.3 Å². The maximum absolute atomic E-state index is 12.3. The summed E-state index contributed by atoms with van der Waals surface area (Å²) >= 11 is 0. The molecule has 0 radical (unpaired) electrons. The minimum Gasteiger partial charge on any atom is -0.457 e. The van der Waals surface area contributed by atoms with Gasteiger partial charge < -0.3 is 4.74 Å². The largest absolute Gasteiger partial charge is 0.457 e. The molecule has 3 aromatic carbocycles. The van der Waals surface area contributed by atoms with Crippen molar-refractivity contribution >= 4 is 33.5 Å². The molecule has 0 fully saturated rings. The van der Waals surface area contributed by atoms with E-state index in [9.17, 15) is 23.3 Å². The van der Waals surface area contributed by atoms with Crippen LogP contribution < -0.4 is 14.5 Å². The quantitative estimate of drug-likeness (QED) is 0.291. The second-order valence-corrected chi connectivity index (χ2v) is 8.73. The lowest BCUT2D eigenvalue weighted by Gasteiger charge is -2.21. The first kappa shape index (κ1) is 23.4. The van der Waals surface area contributed by atoms with Crippen molar-refractivity contribution in [3.63, 3.8) is 0 Å². The second-order valence-electron chi connectivity index (χ2n) is 6.82. The summed E-state index contributed by atoms with van der Waals surface area (Å²) in [6.07, 6.45) is 2.21. The number of sulfonamides is 1. The predicted molar refractivity (Wildman–Crippen MR) is 124 cm³/mol. The number of nitro groups is 1. The summed E-state index contributed by atoms with van der Waals surface area (Å²) in [6.45, 7) is -0.510. The fourth-order valence-corrected chi connectivity index (χ4v) is 3.62. The maximum Gasteiger partial charge on any atom is 0.270 e. The summed E-state index contributed by atoms with van der Waals surface area (Å²) in [5.41, 5.74) is 2.78. The molecule has 0 atom stereocenters. The Kier molecular flexibility index (Phi) is 7.36. The Hall–Kier alpha value is -4.25. The lowest BCUT2D eigenvalue weighted by molar-refractivity contribution is -0.384. The van der Waals surface area contributed by atoms with E-state index < -0.39 is 27.4 Å². The van der Waals surface area contributed by atoms with E-state index in [-0.39, 0.29) is 11.4 Å². The molecule has 3 aromatic rings. The van der Waals surface area contributed by atoms with E-state index in [0.29, 0.717) is 17.1 Å². The number of para-hydroxylation sites is 1. The van der Waals surface area contributed by atoms with Crippen LogP contribution in [-0.4, -0.2) is 38.3 Å². The van der Waals surface area contributed by atoms with E-state index in [1.165, 1.54) is 36.5 Å². The summed E-state index contributed by atoms with van der Waals surface area (Å²) in [4.78, 5) is 22.6. The zero-order valence-corrected chi connectivity index (χ0v) is 18.3. The number of hydrazone groups is 1. The van der Waals surface area contributed by atoms with Gasteiger partial charge in [0.05, 0.1) is 23.1 Å². The second kappa shape index (κ2) is 10.4. The van der Waals surface area contributed by atoms with Crippen LogP contribution in [0.2, 0.25) is 0 Å². The van der Waals surface area contributed by atoms with Crippen LogP contribution in [0.4, 0.5) is 11.4 Å². The van der Waals surface area contributed by atoms with Crippen molar-refractivity contribution in [2.75, 3.05) is 17.1 Å². The number of amides is 1. The van der Waals surface area contributed by atoms with Gasteiger partial charge in [0.1, 0.15) is 18.0 Å². The summed E-state index contributed by atoms with van der Waals surface area (Å²) in [7, 11) is -3.77. The summed E-state index contributed by atoms with van der Waals surface area (Å²) in [6, 6.07) is 21.0. The molecule has 0 spiro atoms. The van der Waals surface area contributed by atoms with E-state index >= 15 is 0 Å². The summed E-state index contributed by atoms with van der Waals surface area (Å²) < 4.78 is 31.1. The fourth-order valence-electron chi connectivity index (χ4n) is 2.77. The lowest BCUT2D eigenvalue weighted by atomic mass is 10.2. The van der Waals surface area contributed by atoms with Crippen molar-refractivity contribution in [2.45, 2.75) is 0 Å². The van der Waals surface area contributed by atoms with Gasteiger partial charge in [-0.05, 0) is 36.4 Å². The number of hydrogen-bond acceptors (Lipinski definition) is 7. The van der Waals surface area contributed by atoms with E-state index in [0.717, 1.165) is 10.6 Å². The molecule has 11 heteroatoms. The molecule has 0 aromatic heterocycles. The lowest BCUT2D eigenvalue weighted by Crippen LogP contribution is -2.39. The predicted octanol–water partition coefficient (Wildman–Crippen LogP) is 3.30. The number of hydrogen-bond donors (Lipinski definition) is 1. The summed E-state index contributed by atoms with van der Waals surface area (Å²) in [5.74, 6) is 0.447. The Morgan fingerprint density at radius 3 is 2.36 bits per heavy atom. The zero-order chi connectivity index (χ0) is 23.8. The molecule has 0 unspecified atom stereocenters. The van der Waals surface area contributed by atoms with Crippen molar-refractivity contribution in [3.05, 3.63) is 94.5 Å². The molecule has 0 bridgehead atoms. The van der Waals surface area contributed by atoms with Crippen LogP contribution >= 0.6 is 0 Å². The number of benzene rings is 3. The Morgan fingerprint density at radius 1 is 1.06 bits per heavy atom. The molecule has 1 N–H and O–H groups in total. The average molecular weight is 468 g/mol. The molecular formula is C22H20N4O6S. The van der Waals surface area contributed by atoms with Gasteiger partial charge in [0.2, 0.25) is 10.0 Å². The highest BCUT2D eigenvalue weighted by Crippen LogP contribution is 2.25. The molecule has 1 amide bonds. The number of carbonyl (C=O) groups excluding carboxylic acids is 1. The molecule has 0 aliphatic rings. The van der Waals surface area contributed by atoms with Crippen LogP contribution in [0.3, 0.4) is 0 Å². The molecule has 10 nitrogen and oxygen atoms in total. The highest BCUT2D eigenvalue weighted by molar-refractivity contribution is 7.92.